The van der Waals surface area contributed by atoms with E-state index in [4.69, 9.17) is 11.6 Å². The van der Waals surface area contributed by atoms with Crippen LogP contribution in [-0.4, -0.2) is 31.1 Å². The van der Waals surface area contributed by atoms with Gasteiger partial charge in [-0.1, -0.05) is 39.7 Å². The molecule has 10 heteroatoms. The lowest BCUT2D eigenvalue weighted by molar-refractivity contribution is -0.116. The number of amides is 2. The van der Waals surface area contributed by atoms with Crippen LogP contribution in [0.4, 0.5) is 11.4 Å². The van der Waals surface area contributed by atoms with Crippen molar-refractivity contribution in [1.82, 2.24) is 4.31 Å². The van der Waals surface area contributed by atoms with Gasteiger partial charge in [-0.05, 0) is 66.2 Å². The summed E-state index contributed by atoms with van der Waals surface area (Å²) in [5.74, 6) is -0.709. The number of anilines is 2. The molecule has 172 valence electrons. The van der Waals surface area contributed by atoms with Crippen molar-refractivity contribution in [3.63, 3.8) is 0 Å². The SMILES string of the molecule is CC(=O)Nc1ccc(NC(=O)CN(Cc2ccc(Cl)cc2)S(=O)(=O)c2ccc(Br)cc2)cc1. The summed E-state index contributed by atoms with van der Waals surface area (Å²) in [6.45, 7) is 0.996. The highest BCUT2D eigenvalue weighted by atomic mass is 79.9. The highest BCUT2D eigenvalue weighted by Crippen LogP contribution is 2.22. The number of benzene rings is 3. The summed E-state index contributed by atoms with van der Waals surface area (Å²) in [7, 11) is -3.96. The minimum atomic E-state index is -3.96. The summed E-state index contributed by atoms with van der Waals surface area (Å²) in [5, 5.41) is 5.86. The molecule has 0 aliphatic heterocycles. The maximum Gasteiger partial charge on any atom is 0.243 e. The minimum absolute atomic E-state index is 0.00947. The van der Waals surface area contributed by atoms with E-state index in [-0.39, 0.29) is 17.3 Å². The fourth-order valence-electron chi connectivity index (χ4n) is 2.98. The van der Waals surface area contributed by atoms with Crippen LogP contribution in [0.15, 0.2) is 82.2 Å². The molecular formula is C23H21BrClN3O4S. The highest BCUT2D eigenvalue weighted by Gasteiger charge is 2.27. The van der Waals surface area contributed by atoms with Crippen molar-refractivity contribution < 1.29 is 18.0 Å². The number of carbonyl (C=O) groups excluding carboxylic acids is 2. The summed E-state index contributed by atoms with van der Waals surface area (Å²) in [5.41, 5.74) is 1.75. The Morgan fingerprint density at radius 2 is 1.42 bits per heavy atom. The molecule has 0 aliphatic carbocycles. The first-order valence-electron chi connectivity index (χ1n) is 9.81. The Balaban J connectivity index is 1.81. The van der Waals surface area contributed by atoms with Gasteiger partial charge in [0.1, 0.15) is 0 Å². The van der Waals surface area contributed by atoms with Crippen molar-refractivity contribution >= 4 is 60.7 Å². The normalized spacial score (nSPS) is 11.3. The van der Waals surface area contributed by atoms with E-state index in [1.54, 1.807) is 60.7 Å². The van der Waals surface area contributed by atoms with Crippen molar-refractivity contribution in [2.45, 2.75) is 18.4 Å². The summed E-state index contributed by atoms with van der Waals surface area (Å²) in [6, 6.07) is 19.5. The van der Waals surface area contributed by atoms with Crippen molar-refractivity contribution in [2.75, 3.05) is 17.2 Å². The first kappa shape index (κ1) is 24.9. The molecule has 3 aromatic rings. The number of sulfonamides is 1. The van der Waals surface area contributed by atoms with Gasteiger partial charge in [-0.3, -0.25) is 9.59 Å². The predicted molar refractivity (Wildman–Crippen MR) is 133 cm³/mol. The molecule has 0 saturated carbocycles. The largest absolute Gasteiger partial charge is 0.326 e. The first-order valence-corrected chi connectivity index (χ1v) is 12.4. The van der Waals surface area contributed by atoms with E-state index in [9.17, 15) is 18.0 Å². The Kier molecular flexibility index (Phi) is 8.25. The minimum Gasteiger partial charge on any atom is -0.326 e. The molecule has 0 spiro atoms. The quantitative estimate of drug-likeness (QED) is 0.417. The summed E-state index contributed by atoms with van der Waals surface area (Å²) >= 11 is 9.24. The molecule has 0 aliphatic rings. The molecule has 2 amide bonds. The molecule has 2 N–H and O–H groups in total. The first-order chi connectivity index (χ1) is 15.6. The number of halogens is 2. The lowest BCUT2D eigenvalue weighted by Crippen LogP contribution is -2.37. The van der Waals surface area contributed by atoms with Crippen LogP contribution in [0.25, 0.3) is 0 Å². The van der Waals surface area contributed by atoms with Crippen molar-refractivity contribution in [3.05, 3.63) is 87.9 Å². The van der Waals surface area contributed by atoms with Gasteiger partial charge in [-0.25, -0.2) is 8.42 Å². The standard InChI is InChI=1S/C23H21BrClN3O4S/c1-16(29)26-20-8-10-21(11-9-20)27-23(30)15-28(14-17-2-6-19(25)7-3-17)33(31,32)22-12-4-18(24)5-13-22/h2-13H,14-15H2,1H3,(H,26,29)(H,27,30). The van der Waals surface area contributed by atoms with Crippen LogP contribution < -0.4 is 10.6 Å². The second-order valence-corrected chi connectivity index (χ2v) is 10.5. The van der Waals surface area contributed by atoms with Crippen LogP contribution in [0.2, 0.25) is 5.02 Å². The molecule has 3 rings (SSSR count). The molecular weight excluding hydrogens is 530 g/mol. The summed E-state index contributed by atoms with van der Waals surface area (Å²) in [6.07, 6.45) is 0. The number of hydrogen-bond acceptors (Lipinski definition) is 4. The predicted octanol–water partition coefficient (Wildman–Crippen LogP) is 4.89. The maximum absolute atomic E-state index is 13.3. The lowest BCUT2D eigenvalue weighted by atomic mass is 10.2. The lowest BCUT2D eigenvalue weighted by Gasteiger charge is -2.22. The van der Waals surface area contributed by atoms with Crippen molar-refractivity contribution in [2.24, 2.45) is 0 Å². The Morgan fingerprint density at radius 1 is 0.879 bits per heavy atom. The monoisotopic (exact) mass is 549 g/mol. The zero-order valence-electron chi connectivity index (χ0n) is 17.6. The summed E-state index contributed by atoms with van der Waals surface area (Å²) in [4.78, 5) is 24.0. The van der Waals surface area contributed by atoms with E-state index in [0.29, 0.717) is 22.0 Å². The maximum atomic E-state index is 13.3. The van der Waals surface area contributed by atoms with Gasteiger partial charge >= 0.3 is 0 Å². The van der Waals surface area contributed by atoms with Crippen LogP contribution in [0.1, 0.15) is 12.5 Å². The fourth-order valence-corrected chi connectivity index (χ4v) is 4.75. The zero-order chi connectivity index (χ0) is 24.0. The molecule has 0 saturated heterocycles. The topological polar surface area (TPSA) is 95.6 Å². The van der Waals surface area contributed by atoms with Crippen molar-refractivity contribution in [1.29, 1.82) is 0 Å². The van der Waals surface area contributed by atoms with Crippen molar-refractivity contribution in [3.8, 4) is 0 Å². The molecule has 7 nitrogen and oxygen atoms in total. The average molecular weight is 551 g/mol. The van der Waals surface area contributed by atoms with Crippen LogP contribution in [0.5, 0.6) is 0 Å². The Bertz CT molecular complexity index is 1230. The highest BCUT2D eigenvalue weighted by molar-refractivity contribution is 9.10. The third-order valence-electron chi connectivity index (χ3n) is 4.53. The van der Waals surface area contributed by atoms with Crippen LogP contribution in [0.3, 0.4) is 0 Å². The number of hydrogen-bond donors (Lipinski definition) is 2. The van der Waals surface area contributed by atoms with Crippen LogP contribution in [0, 0.1) is 0 Å². The second kappa shape index (κ2) is 10.9. The molecule has 0 unspecified atom stereocenters. The molecule has 0 heterocycles. The number of carbonyl (C=O) groups is 2. The average Bonchev–Trinajstić information content (AvgIpc) is 2.76. The number of rotatable bonds is 8. The van der Waals surface area contributed by atoms with E-state index in [1.807, 2.05) is 0 Å². The molecule has 0 atom stereocenters. The van der Waals surface area contributed by atoms with Gasteiger partial charge in [-0.15, -0.1) is 0 Å². The van der Waals surface area contributed by atoms with E-state index in [1.165, 1.54) is 19.1 Å². The van der Waals surface area contributed by atoms with E-state index >= 15 is 0 Å². The van der Waals surface area contributed by atoms with E-state index in [0.717, 1.165) is 8.78 Å². The Morgan fingerprint density at radius 3 is 1.97 bits per heavy atom. The van der Waals surface area contributed by atoms with Gasteiger partial charge in [0.05, 0.1) is 11.4 Å². The van der Waals surface area contributed by atoms with Gasteiger partial charge in [0.15, 0.2) is 0 Å². The number of nitrogens with zero attached hydrogens (tertiary/aromatic N) is 1. The van der Waals surface area contributed by atoms with Crippen LogP contribution >= 0.6 is 27.5 Å². The van der Waals surface area contributed by atoms with E-state index < -0.39 is 22.5 Å². The Labute approximate surface area is 205 Å². The smallest absolute Gasteiger partial charge is 0.243 e. The molecule has 0 bridgehead atoms. The molecule has 0 aromatic heterocycles. The Hall–Kier alpha value is -2.72. The summed E-state index contributed by atoms with van der Waals surface area (Å²) < 4.78 is 28.5. The fraction of sp³-hybridized carbons (Fsp3) is 0.130. The number of nitrogens with one attached hydrogen (secondary N) is 2. The van der Waals surface area contributed by atoms with E-state index in [2.05, 4.69) is 26.6 Å². The van der Waals surface area contributed by atoms with Gasteiger partial charge < -0.3 is 10.6 Å². The van der Waals surface area contributed by atoms with Crippen LogP contribution in [-0.2, 0) is 26.2 Å². The molecule has 0 radical (unpaired) electrons. The van der Waals surface area contributed by atoms with Gasteiger partial charge in [0.25, 0.3) is 0 Å². The molecule has 0 fully saturated rings. The van der Waals surface area contributed by atoms with Gasteiger partial charge in [0, 0.05) is 34.3 Å². The third kappa shape index (κ3) is 7.13. The molecule has 3 aromatic carbocycles. The molecule has 33 heavy (non-hydrogen) atoms. The van der Waals surface area contributed by atoms with Gasteiger partial charge in [0.2, 0.25) is 21.8 Å². The second-order valence-electron chi connectivity index (χ2n) is 7.16. The zero-order valence-corrected chi connectivity index (χ0v) is 20.7. The third-order valence-corrected chi connectivity index (χ3v) is 7.12. The van der Waals surface area contributed by atoms with Gasteiger partial charge in [-0.2, -0.15) is 4.31 Å².